The van der Waals surface area contributed by atoms with Crippen LogP contribution >= 0.6 is 11.6 Å². The molecule has 2 rings (SSSR count). The van der Waals surface area contributed by atoms with Crippen molar-refractivity contribution in [2.45, 2.75) is 23.8 Å². The molecular weight excluding hydrogens is 250 g/mol. The maximum Gasteiger partial charge on any atom is 0.351 e. The average molecular weight is 262 g/mol. The fourth-order valence-corrected chi connectivity index (χ4v) is 2.04. The first-order valence-electron chi connectivity index (χ1n) is 4.97. The molecule has 0 spiro atoms. The average Bonchev–Trinajstić information content (AvgIpc) is 2.57. The molecule has 94 valence electrons. The van der Waals surface area contributed by atoms with E-state index in [1.807, 2.05) is 0 Å². The summed E-state index contributed by atoms with van der Waals surface area (Å²) in [5, 5.41) is 17.8. The fourth-order valence-electron chi connectivity index (χ4n) is 1.70. The van der Waals surface area contributed by atoms with Gasteiger partial charge in [-0.05, 0) is 6.07 Å². The maximum absolute atomic E-state index is 11.6. The molecule has 4 atom stereocenters. The van der Waals surface area contributed by atoms with E-state index in [9.17, 15) is 9.90 Å². The topological polar surface area (TPSA) is 111 Å². The van der Waals surface area contributed by atoms with Crippen LogP contribution in [-0.2, 0) is 4.74 Å². The number of anilines is 1. The molecule has 0 bridgehead atoms. The summed E-state index contributed by atoms with van der Waals surface area (Å²) in [6.07, 6.45) is -1.34. The number of hydrogen-bond donors (Lipinski definition) is 3. The summed E-state index contributed by atoms with van der Waals surface area (Å²) in [4.78, 5) is 15.1. The van der Waals surface area contributed by atoms with Crippen molar-refractivity contribution in [2.75, 3.05) is 12.3 Å². The lowest BCUT2D eigenvalue weighted by atomic mass is 10.2. The van der Waals surface area contributed by atoms with Crippen molar-refractivity contribution in [1.29, 1.82) is 0 Å². The second-order valence-corrected chi connectivity index (χ2v) is 4.23. The zero-order chi connectivity index (χ0) is 12.6. The van der Waals surface area contributed by atoms with Gasteiger partial charge in [0.1, 0.15) is 23.4 Å². The Bertz CT molecular complexity index is 466. The number of aromatic nitrogens is 2. The molecule has 0 amide bonds. The van der Waals surface area contributed by atoms with E-state index in [1.165, 1.54) is 12.3 Å². The molecule has 8 heteroatoms. The van der Waals surface area contributed by atoms with Crippen LogP contribution in [0, 0.1) is 0 Å². The van der Waals surface area contributed by atoms with E-state index in [0.717, 1.165) is 4.57 Å². The number of rotatable bonds is 2. The van der Waals surface area contributed by atoms with E-state index >= 15 is 0 Å². The van der Waals surface area contributed by atoms with Crippen molar-refractivity contribution in [3.05, 3.63) is 22.7 Å². The van der Waals surface area contributed by atoms with Crippen molar-refractivity contribution in [1.82, 2.24) is 9.55 Å². The molecule has 1 aliphatic heterocycles. The Labute approximate surface area is 101 Å². The highest BCUT2D eigenvalue weighted by Crippen LogP contribution is 2.32. The monoisotopic (exact) mass is 261 g/mol. The van der Waals surface area contributed by atoms with E-state index in [2.05, 4.69) is 4.98 Å². The van der Waals surface area contributed by atoms with Crippen molar-refractivity contribution in [3.63, 3.8) is 0 Å². The number of aliphatic hydroxyl groups is 2. The first kappa shape index (κ1) is 12.3. The van der Waals surface area contributed by atoms with Gasteiger partial charge in [0.05, 0.1) is 6.61 Å². The van der Waals surface area contributed by atoms with Gasteiger partial charge in [-0.2, -0.15) is 4.98 Å². The lowest BCUT2D eigenvalue weighted by Crippen LogP contribution is -2.32. The third-order valence-corrected chi connectivity index (χ3v) is 3.07. The van der Waals surface area contributed by atoms with Crippen LogP contribution in [0.15, 0.2) is 17.1 Å². The van der Waals surface area contributed by atoms with Crippen molar-refractivity contribution >= 4 is 17.4 Å². The van der Waals surface area contributed by atoms with Gasteiger partial charge in [-0.15, -0.1) is 11.6 Å². The van der Waals surface area contributed by atoms with Crippen LogP contribution in [0.25, 0.3) is 0 Å². The van der Waals surface area contributed by atoms with Crippen LogP contribution in [-0.4, -0.2) is 44.0 Å². The van der Waals surface area contributed by atoms with Gasteiger partial charge in [-0.3, -0.25) is 4.57 Å². The van der Waals surface area contributed by atoms with Gasteiger partial charge in [0, 0.05) is 6.20 Å². The molecule has 0 aliphatic carbocycles. The predicted molar refractivity (Wildman–Crippen MR) is 59.6 cm³/mol. The van der Waals surface area contributed by atoms with Crippen LogP contribution in [0.5, 0.6) is 0 Å². The minimum Gasteiger partial charge on any atom is -0.394 e. The summed E-state index contributed by atoms with van der Waals surface area (Å²) in [5.41, 5.74) is 4.73. The number of nitrogens with zero attached hydrogens (tertiary/aromatic N) is 2. The Hall–Kier alpha value is -1.15. The van der Waals surface area contributed by atoms with Crippen LogP contribution in [0.1, 0.15) is 6.23 Å². The number of halogens is 1. The SMILES string of the molecule is Nc1ccn(C2O[C@H](CO)[C@@H](O)[C@@H]2Cl)c(=O)n1. The second-order valence-electron chi connectivity index (χ2n) is 3.72. The highest BCUT2D eigenvalue weighted by atomic mass is 35.5. The molecule has 0 saturated carbocycles. The van der Waals surface area contributed by atoms with Gasteiger partial charge in [-0.1, -0.05) is 0 Å². The van der Waals surface area contributed by atoms with E-state index in [4.69, 9.17) is 27.2 Å². The molecule has 4 N–H and O–H groups in total. The van der Waals surface area contributed by atoms with Crippen LogP contribution in [0.2, 0.25) is 0 Å². The minimum absolute atomic E-state index is 0.0922. The van der Waals surface area contributed by atoms with Crippen molar-refractivity contribution in [3.8, 4) is 0 Å². The lowest BCUT2D eigenvalue weighted by molar-refractivity contribution is -0.0457. The second kappa shape index (κ2) is 4.61. The molecule has 7 nitrogen and oxygen atoms in total. The van der Waals surface area contributed by atoms with E-state index < -0.39 is 29.5 Å². The van der Waals surface area contributed by atoms with Crippen molar-refractivity contribution < 1.29 is 14.9 Å². The third-order valence-electron chi connectivity index (χ3n) is 2.60. The number of hydrogen-bond acceptors (Lipinski definition) is 6. The number of alkyl halides is 1. The molecule has 1 aromatic rings. The predicted octanol–water partition coefficient (Wildman–Crippen LogP) is -1.32. The molecule has 1 unspecified atom stereocenters. The largest absolute Gasteiger partial charge is 0.394 e. The van der Waals surface area contributed by atoms with Crippen LogP contribution in [0.4, 0.5) is 5.82 Å². The van der Waals surface area contributed by atoms with Gasteiger partial charge < -0.3 is 20.7 Å². The Morgan fingerprint density at radius 3 is 2.88 bits per heavy atom. The molecule has 1 fully saturated rings. The molecule has 1 aromatic heterocycles. The Morgan fingerprint density at radius 1 is 1.65 bits per heavy atom. The molecule has 2 heterocycles. The Morgan fingerprint density at radius 2 is 2.35 bits per heavy atom. The summed E-state index contributed by atoms with van der Waals surface area (Å²) in [5.74, 6) is 0.0922. The lowest BCUT2D eigenvalue weighted by Gasteiger charge is -2.16. The summed E-state index contributed by atoms with van der Waals surface area (Å²) >= 11 is 5.94. The molecule has 17 heavy (non-hydrogen) atoms. The first-order chi connectivity index (χ1) is 8.04. The fraction of sp³-hybridized carbons (Fsp3) is 0.556. The van der Waals surface area contributed by atoms with Crippen molar-refractivity contribution in [2.24, 2.45) is 0 Å². The number of ether oxygens (including phenoxy) is 1. The summed E-state index contributed by atoms with van der Waals surface area (Å²) in [6.45, 7) is -0.377. The normalized spacial score (nSPS) is 32.9. The minimum atomic E-state index is -1.05. The smallest absolute Gasteiger partial charge is 0.351 e. The quantitative estimate of drug-likeness (QED) is 0.570. The van der Waals surface area contributed by atoms with E-state index in [1.54, 1.807) is 0 Å². The van der Waals surface area contributed by atoms with Gasteiger partial charge in [-0.25, -0.2) is 4.79 Å². The van der Waals surface area contributed by atoms with Crippen LogP contribution in [0.3, 0.4) is 0 Å². The Balaban J connectivity index is 2.32. The molecule has 0 aromatic carbocycles. The van der Waals surface area contributed by atoms with Gasteiger partial charge >= 0.3 is 5.69 Å². The molecular formula is C9H12ClN3O4. The maximum atomic E-state index is 11.6. The molecule has 1 saturated heterocycles. The highest BCUT2D eigenvalue weighted by Gasteiger charge is 2.43. The summed E-state index contributed by atoms with van der Waals surface area (Å²) in [6, 6.07) is 1.42. The zero-order valence-corrected chi connectivity index (χ0v) is 9.49. The number of nitrogen functional groups attached to an aromatic ring is 1. The summed E-state index contributed by atoms with van der Waals surface area (Å²) in [7, 11) is 0. The molecule has 0 radical (unpaired) electrons. The van der Waals surface area contributed by atoms with Gasteiger partial charge in [0.2, 0.25) is 0 Å². The zero-order valence-electron chi connectivity index (χ0n) is 8.73. The van der Waals surface area contributed by atoms with Crippen LogP contribution < -0.4 is 11.4 Å². The first-order valence-corrected chi connectivity index (χ1v) is 5.41. The van der Waals surface area contributed by atoms with E-state index in [0.29, 0.717) is 0 Å². The number of aliphatic hydroxyl groups excluding tert-OH is 2. The summed E-state index contributed by atoms with van der Waals surface area (Å²) < 4.78 is 6.42. The Kier molecular flexibility index (Phi) is 3.34. The van der Waals surface area contributed by atoms with Gasteiger partial charge in [0.15, 0.2) is 6.23 Å². The standard InChI is InChI=1S/C9H12ClN3O4/c10-6-7(15)4(3-14)17-8(6)13-2-1-5(11)12-9(13)16/h1-2,4,6-8,14-15H,3H2,(H2,11,12,16)/t4-,6+,7-,8?/m1/s1. The highest BCUT2D eigenvalue weighted by molar-refractivity contribution is 6.21. The number of nitrogens with two attached hydrogens (primary N) is 1. The third kappa shape index (κ3) is 2.14. The van der Waals surface area contributed by atoms with Gasteiger partial charge in [0.25, 0.3) is 0 Å². The van der Waals surface area contributed by atoms with E-state index in [-0.39, 0.29) is 12.4 Å². The molecule has 1 aliphatic rings.